The van der Waals surface area contributed by atoms with E-state index < -0.39 is 0 Å². The fourth-order valence-corrected chi connectivity index (χ4v) is 3.44. The number of carbonyl (C=O) groups excluding carboxylic acids is 2. The van der Waals surface area contributed by atoms with Crippen molar-refractivity contribution in [3.8, 4) is 0 Å². The van der Waals surface area contributed by atoms with E-state index >= 15 is 0 Å². The van der Waals surface area contributed by atoms with Crippen LogP contribution in [0.2, 0.25) is 0 Å². The smallest absolute Gasteiger partial charge is 0.322 e. The number of likely N-dealkylation sites (tertiary alicyclic amines) is 1. The second kappa shape index (κ2) is 7.44. The van der Waals surface area contributed by atoms with Crippen molar-refractivity contribution in [2.45, 2.75) is 39.4 Å². The van der Waals surface area contributed by atoms with Gasteiger partial charge in [0.2, 0.25) is 5.91 Å². The van der Waals surface area contributed by atoms with Crippen LogP contribution in [0.5, 0.6) is 0 Å². The Hall–Kier alpha value is -2.08. The molecule has 136 valence electrons. The number of urea groups is 1. The number of hydrogen-bond acceptors (Lipinski definition) is 3. The summed E-state index contributed by atoms with van der Waals surface area (Å²) < 4.78 is 5.91. The van der Waals surface area contributed by atoms with Crippen molar-refractivity contribution in [2.75, 3.05) is 25.0 Å². The van der Waals surface area contributed by atoms with Gasteiger partial charge in [-0.3, -0.25) is 4.79 Å². The summed E-state index contributed by atoms with van der Waals surface area (Å²) >= 11 is 0. The second-order valence-corrected chi connectivity index (χ2v) is 7.43. The maximum atomic E-state index is 12.6. The van der Waals surface area contributed by atoms with Gasteiger partial charge < -0.3 is 20.3 Å². The summed E-state index contributed by atoms with van der Waals surface area (Å²) in [5.41, 5.74) is 1.84. The number of aryl methyl sites for hydroxylation is 1. The van der Waals surface area contributed by atoms with Crippen molar-refractivity contribution >= 4 is 17.6 Å². The first-order valence-electron chi connectivity index (χ1n) is 8.98. The number of rotatable bonds is 4. The molecule has 2 N–H and O–H groups in total. The number of nitrogens with one attached hydrogen (secondary N) is 2. The molecule has 0 aromatic heterocycles. The summed E-state index contributed by atoms with van der Waals surface area (Å²) in [7, 11) is 0. The third-order valence-electron chi connectivity index (χ3n) is 4.85. The maximum Gasteiger partial charge on any atom is 0.322 e. The number of carbonyl (C=O) groups is 2. The average Bonchev–Trinajstić information content (AvgIpc) is 2.88. The zero-order chi connectivity index (χ0) is 18.0. The first-order valence-corrected chi connectivity index (χ1v) is 8.98. The van der Waals surface area contributed by atoms with Crippen molar-refractivity contribution < 1.29 is 14.3 Å². The highest BCUT2D eigenvalue weighted by atomic mass is 16.5. The van der Waals surface area contributed by atoms with E-state index in [0.29, 0.717) is 32.0 Å². The molecule has 6 nitrogen and oxygen atoms in total. The van der Waals surface area contributed by atoms with E-state index in [4.69, 9.17) is 4.74 Å². The summed E-state index contributed by atoms with van der Waals surface area (Å²) in [5, 5.41) is 5.95. The highest BCUT2D eigenvalue weighted by Gasteiger charge is 2.45. The van der Waals surface area contributed by atoms with Gasteiger partial charge >= 0.3 is 6.03 Å². The van der Waals surface area contributed by atoms with Crippen LogP contribution < -0.4 is 10.6 Å². The highest BCUT2D eigenvalue weighted by molar-refractivity contribution is 5.90. The lowest BCUT2D eigenvalue weighted by molar-refractivity contribution is -0.127. The van der Waals surface area contributed by atoms with Gasteiger partial charge in [0.05, 0.1) is 18.1 Å². The van der Waals surface area contributed by atoms with Crippen molar-refractivity contribution in [1.82, 2.24) is 10.2 Å². The Morgan fingerprint density at radius 3 is 2.76 bits per heavy atom. The van der Waals surface area contributed by atoms with Gasteiger partial charge in [0.1, 0.15) is 0 Å². The minimum Gasteiger partial charge on any atom is -0.370 e. The molecule has 0 saturated carbocycles. The number of nitrogens with zero attached hydrogens (tertiary/aromatic N) is 1. The Balaban J connectivity index is 1.59. The number of amides is 3. The van der Waals surface area contributed by atoms with Crippen LogP contribution in [0.25, 0.3) is 0 Å². The molecule has 0 aliphatic carbocycles. The van der Waals surface area contributed by atoms with Gasteiger partial charge in [-0.2, -0.15) is 0 Å². The number of ether oxygens (including phenoxy) is 1. The summed E-state index contributed by atoms with van der Waals surface area (Å²) in [5.74, 6) is 0.296. The molecule has 2 aliphatic heterocycles. The van der Waals surface area contributed by atoms with E-state index in [1.807, 2.05) is 31.2 Å². The predicted octanol–water partition coefficient (Wildman–Crippen LogP) is 2.39. The van der Waals surface area contributed by atoms with Crippen LogP contribution in [0.3, 0.4) is 0 Å². The molecule has 2 bridgehead atoms. The molecular formula is C19H27N3O3. The summed E-state index contributed by atoms with van der Waals surface area (Å²) in [6, 6.07) is 7.58. The topological polar surface area (TPSA) is 70.7 Å². The third kappa shape index (κ3) is 4.12. The molecule has 1 aromatic rings. The number of benzene rings is 1. The Morgan fingerprint density at radius 1 is 1.28 bits per heavy atom. The molecule has 0 radical (unpaired) electrons. The first-order chi connectivity index (χ1) is 11.9. The molecule has 3 atom stereocenters. The van der Waals surface area contributed by atoms with Crippen LogP contribution in [0, 0.1) is 18.8 Å². The van der Waals surface area contributed by atoms with Crippen LogP contribution in [0.1, 0.15) is 25.8 Å². The minimum atomic E-state index is -0.214. The van der Waals surface area contributed by atoms with Crippen LogP contribution in [-0.4, -0.2) is 48.7 Å². The van der Waals surface area contributed by atoms with Gasteiger partial charge in [0.15, 0.2) is 0 Å². The van der Waals surface area contributed by atoms with Crippen LogP contribution in [0.4, 0.5) is 10.5 Å². The van der Waals surface area contributed by atoms with E-state index in [0.717, 1.165) is 11.3 Å². The van der Waals surface area contributed by atoms with Crippen LogP contribution >= 0.6 is 0 Å². The molecular weight excluding hydrogens is 318 g/mol. The zero-order valence-corrected chi connectivity index (χ0v) is 15.1. The molecule has 1 aromatic carbocycles. The van der Waals surface area contributed by atoms with E-state index in [2.05, 4.69) is 24.5 Å². The van der Waals surface area contributed by atoms with E-state index in [1.165, 1.54) is 0 Å². The lowest BCUT2D eigenvalue weighted by atomic mass is 9.99. The van der Waals surface area contributed by atoms with Crippen LogP contribution in [-0.2, 0) is 9.53 Å². The molecule has 3 amide bonds. The van der Waals surface area contributed by atoms with Crippen LogP contribution in [0.15, 0.2) is 24.3 Å². The van der Waals surface area contributed by atoms with Crippen molar-refractivity contribution in [1.29, 1.82) is 0 Å². The summed E-state index contributed by atoms with van der Waals surface area (Å²) in [6.07, 6.45) is 0.410. The maximum absolute atomic E-state index is 12.6. The molecule has 25 heavy (non-hydrogen) atoms. The minimum absolute atomic E-state index is 0.0439. The average molecular weight is 345 g/mol. The molecule has 2 heterocycles. The molecule has 3 rings (SSSR count). The second-order valence-electron chi connectivity index (χ2n) is 7.43. The van der Waals surface area contributed by atoms with Crippen molar-refractivity contribution in [2.24, 2.45) is 11.8 Å². The van der Waals surface area contributed by atoms with E-state index in [9.17, 15) is 9.59 Å². The molecule has 0 spiro atoms. The fourth-order valence-electron chi connectivity index (χ4n) is 3.44. The fraction of sp³-hybridized carbons (Fsp3) is 0.579. The highest BCUT2D eigenvalue weighted by Crippen LogP contribution is 2.32. The predicted molar refractivity (Wildman–Crippen MR) is 96.4 cm³/mol. The SMILES string of the molecule is Cc1ccccc1NC(=O)N1C[C@H]2C[C@H](C(=O)NCC(C)C)[C@@H](C1)O2. The zero-order valence-electron chi connectivity index (χ0n) is 15.1. The standard InChI is InChI=1S/C19H27N3O3/c1-12(2)9-20-18(23)15-8-14-10-22(11-17(15)25-14)19(24)21-16-7-5-4-6-13(16)3/h4-7,12,14-15,17H,8-11H2,1-3H3,(H,20,23)(H,21,24)/t14-,15+,17-/m1/s1. The summed E-state index contributed by atoms with van der Waals surface area (Å²) in [4.78, 5) is 26.7. The number of fused-ring (bicyclic) bond motifs is 2. The lowest BCUT2D eigenvalue weighted by Gasteiger charge is -2.33. The van der Waals surface area contributed by atoms with Gasteiger partial charge in [-0.25, -0.2) is 4.79 Å². The van der Waals surface area contributed by atoms with Gasteiger partial charge in [0, 0.05) is 25.3 Å². The lowest BCUT2D eigenvalue weighted by Crippen LogP contribution is -2.49. The number of morpholine rings is 1. The number of hydrogen-bond donors (Lipinski definition) is 2. The van der Waals surface area contributed by atoms with Gasteiger partial charge in [-0.05, 0) is 30.9 Å². The largest absolute Gasteiger partial charge is 0.370 e. The Bertz CT molecular complexity index is 647. The molecule has 2 saturated heterocycles. The van der Waals surface area contributed by atoms with E-state index in [1.54, 1.807) is 4.90 Å². The molecule has 2 aliphatic rings. The normalized spacial score (nSPS) is 25.1. The Morgan fingerprint density at radius 2 is 2.04 bits per heavy atom. The number of para-hydroxylation sites is 1. The molecule has 6 heteroatoms. The van der Waals surface area contributed by atoms with Gasteiger partial charge in [0.25, 0.3) is 0 Å². The van der Waals surface area contributed by atoms with Gasteiger partial charge in [-0.15, -0.1) is 0 Å². The molecule has 0 unspecified atom stereocenters. The van der Waals surface area contributed by atoms with E-state index in [-0.39, 0.29) is 30.1 Å². The Kier molecular flexibility index (Phi) is 5.27. The first kappa shape index (κ1) is 17.7. The Labute approximate surface area is 148 Å². The van der Waals surface area contributed by atoms with Gasteiger partial charge in [-0.1, -0.05) is 32.0 Å². The quantitative estimate of drug-likeness (QED) is 0.880. The number of anilines is 1. The monoisotopic (exact) mass is 345 g/mol. The van der Waals surface area contributed by atoms with Crippen molar-refractivity contribution in [3.63, 3.8) is 0 Å². The summed E-state index contributed by atoms with van der Waals surface area (Å²) in [6.45, 7) is 7.76. The molecule has 2 fully saturated rings. The third-order valence-corrected chi connectivity index (χ3v) is 4.85. The van der Waals surface area contributed by atoms with Crippen molar-refractivity contribution in [3.05, 3.63) is 29.8 Å².